The Labute approximate surface area is 161 Å². The first-order valence-electron chi connectivity index (χ1n) is 9.80. The number of methoxy groups -OCH3 is 1. The molecule has 1 fully saturated rings. The number of benzene rings is 2. The van der Waals surface area contributed by atoms with Crippen LogP contribution in [0.3, 0.4) is 0 Å². The lowest BCUT2D eigenvalue weighted by atomic mass is 10.1. The third-order valence-electron chi connectivity index (χ3n) is 5.41. The summed E-state index contributed by atoms with van der Waals surface area (Å²) in [5.74, 6) is 0.967. The first-order chi connectivity index (χ1) is 13.3. The third-order valence-corrected chi connectivity index (χ3v) is 5.41. The van der Waals surface area contributed by atoms with E-state index in [1.807, 2.05) is 18.3 Å². The molecule has 2 aromatic carbocycles. The first-order valence-corrected chi connectivity index (χ1v) is 9.80. The zero-order chi connectivity index (χ0) is 18.5. The fourth-order valence-corrected chi connectivity index (χ4v) is 3.86. The normalized spacial score (nSPS) is 16.4. The molecule has 0 amide bonds. The van der Waals surface area contributed by atoms with Crippen molar-refractivity contribution in [2.24, 2.45) is 4.99 Å². The summed E-state index contributed by atoms with van der Waals surface area (Å²) in [6, 6.07) is 14.8. The summed E-state index contributed by atoms with van der Waals surface area (Å²) in [5, 5.41) is 3.55. The van der Waals surface area contributed by atoms with E-state index in [0.717, 1.165) is 58.0 Å². The maximum atomic E-state index is 5.50. The van der Waals surface area contributed by atoms with Crippen molar-refractivity contribution in [3.8, 4) is 5.75 Å². The molecule has 0 radical (unpaired) electrons. The highest BCUT2D eigenvalue weighted by atomic mass is 16.5. The van der Waals surface area contributed by atoms with Crippen LogP contribution in [0.5, 0.6) is 5.75 Å². The second kappa shape index (κ2) is 8.44. The van der Waals surface area contributed by atoms with Gasteiger partial charge in [0.2, 0.25) is 0 Å². The van der Waals surface area contributed by atoms with Gasteiger partial charge in [-0.1, -0.05) is 18.2 Å². The molecule has 2 aliphatic rings. The first kappa shape index (κ1) is 17.9. The maximum absolute atomic E-state index is 5.50. The Morgan fingerprint density at radius 2 is 1.93 bits per heavy atom. The van der Waals surface area contributed by atoms with E-state index in [1.165, 1.54) is 22.5 Å². The lowest BCUT2D eigenvalue weighted by Crippen LogP contribution is -2.46. The number of nitrogens with zero attached hydrogens (tertiary/aromatic N) is 3. The number of aliphatic imine (C=N–C) groups is 1. The summed E-state index contributed by atoms with van der Waals surface area (Å²) >= 11 is 0. The van der Waals surface area contributed by atoms with Gasteiger partial charge in [-0.3, -0.25) is 9.89 Å². The number of hydrogen-bond acceptors (Lipinski definition) is 5. The fraction of sp³-hybridized carbons (Fsp3) is 0.409. The van der Waals surface area contributed by atoms with Crippen molar-refractivity contribution < 1.29 is 4.74 Å². The topological polar surface area (TPSA) is 40.1 Å². The molecule has 0 saturated carbocycles. The number of anilines is 2. The van der Waals surface area contributed by atoms with Crippen LogP contribution in [0.2, 0.25) is 0 Å². The molecular formula is C22H28N4O. The van der Waals surface area contributed by atoms with Gasteiger partial charge in [0.05, 0.1) is 19.3 Å². The van der Waals surface area contributed by atoms with Crippen molar-refractivity contribution in [3.05, 3.63) is 53.6 Å². The molecule has 5 heteroatoms. The minimum absolute atomic E-state index is 0.821. The summed E-state index contributed by atoms with van der Waals surface area (Å²) in [6.45, 7) is 7.29. The van der Waals surface area contributed by atoms with Gasteiger partial charge in [0.1, 0.15) is 5.75 Å². The van der Waals surface area contributed by atoms with Crippen molar-refractivity contribution >= 4 is 17.6 Å². The van der Waals surface area contributed by atoms with E-state index < -0.39 is 0 Å². The molecule has 4 rings (SSSR count). The molecule has 2 aromatic rings. The molecule has 5 nitrogen and oxygen atoms in total. The minimum atomic E-state index is 0.821. The third kappa shape index (κ3) is 4.25. The highest BCUT2D eigenvalue weighted by molar-refractivity contribution is 5.85. The predicted molar refractivity (Wildman–Crippen MR) is 112 cm³/mol. The molecule has 2 heterocycles. The number of fused-ring (bicyclic) bond motifs is 1. The van der Waals surface area contributed by atoms with Gasteiger partial charge in [-0.05, 0) is 48.4 Å². The van der Waals surface area contributed by atoms with Crippen LogP contribution in [0.1, 0.15) is 17.5 Å². The van der Waals surface area contributed by atoms with E-state index in [4.69, 9.17) is 4.74 Å². The van der Waals surface area contributed by atoms with Gasteiger partial charge in [0.25, 0.3) is 0 Å². The molecule has 27 heavy (non-hydrogen) atoms. The zero-order valence-electron chi connectivity index (χ0n) is 16.0. The molecule has 1 N–H and O–H groups in total. The Hall–Kier alpha value is -2.53. The minimum Gasteiger partial charge on any atom is -0.495 e. The van der Waals surface area contributed by atoms with Crippen LogP contribution >= 0.6 is 0 Å². The second-order valence-electron chi connectivity index (χ2n) is 7.16. The largest absolute Gasteiger partial charge is 0.495 e. The van der Waals surface area contributed by atoms with Crippen molar-refractivity contribution in [1.82, 2.24) is 4.90 Å². The molecule has 0 spiro atoms. The Morgan fingerprint density at radius 1 is 1.07 bits per heavy atom. The molecule has 0 atom stereocenters. The quantitative estimate of drug-likeness (QED) is 0.766. The molecule has 0 aliphatic carbocycles. The van der Waals surface area contributed by atoms with Gasteiger partial charge in [-0.15, -0.1) is 0 Å². The van der Waals surface area contributed by atoms with Crippen LogP contribution < -0.4 is 15.0 Å². The molecule has 2 aliphatic heterocycles. The summed E-state index contributed by atoms with van der Waals surface area (Å²) in [6.07, 6.45) is 3.12. The fourth-order valence-electron chi connectivity index (χ4n) is 3.86. The summed E-state index contributed by atoms with van der Waals surface area (Å²) < 4.78 is 5.50. The summed E-state index contributed by atoms with van der Waals surface area (Å²) in [4.78, 5) is 9.31. The number of hydrogen-bond donors (Lipinski definition) is 1. The van der Waals surface area contributed by atoms with Gasteiger partial charge in [-0.25, -0.2) is 0 Å². The number of piperazine rings is 1. The van der Waals surface area contributed by atoms with Gasteiger partial charge in [0.15, 0.2) is 0 Å². The molecule has 0 unspecified atom stereocenters. The molecule has 1 saturated heterocycles. The Bertz CT molecular complexity index is 797. The van der Waals surface area contributed by atoms with Crippen molar-refractivity contribution in [1.29, 1.82) is 0 Å². The molecular weight excluding hydrogens is 336 g/mol. The average Bonchev–Trinajstić information content (AvgIpc) is 3.19. The van der Waals surface area contributed by atoms with Gasteiger partial charge < -0.3 is 15.0 Å². The molecule has 142 valence electrons. The van der Waals surface area contributed by atoms with Crippen molar-refractivity contribution in [2.75, 3.05) is 56.6 Å². The standard InChI is InChI=1S/C22H28N4O/c1-27-22-6-3-2-5-21(22)26-13-11-25(12-14-26)10-4-9-24-20-8-7-18-16-23-17-19(18)15-20/h2-3,5-8,15-16,24H,4,9-14,17H2,1H3. The molecule has 0 bridgehead atoms. The van der Waals surface area contributed by atoms with Crippen LogP contribution in [0.25, 0.3) is 0 Å². The zero-order valence-corrected chi connectivity index (χ0v) is 16.0. The van der Waals surface area contributed by atoms with E-state index in [0.29, 0.717) is 0 Å². The highest BCUT2D eigenvalue weighted by Gasteiger charge is 2.19. The summed E-state index contributed by atoms with van der Waals surface area (Å²) in [7, 11) is 1.75. The van der Waals surface area contributed by atoms with Crippen LogP contribution in [0, 0.1) is 0 Å². The lowest BCUT2D eigenvalue weighted by Gasteiger charge is -2.36. The van der Waals surface area contributed by atoms with Crippen LogP contribution in [0.4, 0.5) is 11.4 Å². The van der Waals surface area contributed by atoms with E-state index in [-0.39, 0.29) is 0 Å². The predicted octanol–water partition coefficient (Wildman–Crippen LogP) is 3.25. The van der Waals surface area contributed by atoms with E-state index >= 15 is 0 Å². The SMILES string of the molecule is COc1ccccc1N1CCN(CCCNc2ccc3c(c2)CN=C3)CC1. The summed E-state index contributed by atoms with van der Waals surface area (Å²) in [5.41, 5.74) is 5.00. The number of ether oxygens (including phenoxy) is 1. The monoisotopic (exact) mass is 364 g/mol. The van der Waals surface area contributed by atoms with Crippen LogP contribution in [0.15, 0.2) is 47.5 Å². The maximum Gasteiger partial charge on any atom is 0.142 e. The second-order valence-corrected chi connectivity index (χ2v) is 7.16. The smallest absolute Gasteiger partial charge is 0.142 e. The Kier molecular flexibility index (Phi) is 5.58. The van der Waals surface area contributed by atoms with E-state index in [2.05, 4.69) is 50.4 Å². The van der Waals surface area contributed by atoms with Gasteiger partial charge >= 0.3 is 0 Å². The van der Waals surface area contributed by atoms with E-state index in [1.54, 1.807) is 7.11 Å². The molecule has 0 aromatic heterocycles. The van der Waals surface area contributed by atoms with Crippen LogP contribution in [-0.4, -0.2) is 57.5 Å². The lowest BCUT2D eigenvalue weighted by molar-refractivity contribution is 0.256. The number of rotatable bonds is 7. The Balaban J connectivity index is 1.19. The van der Waals surface area contributed by atoms with Gasteiger partial charge in [-0.2, -0.15) is 0 Å². The number of para-hydroxylation sites is 2. The Morgan fingerprint density at radius 3 is 2.78 bits per heavy atom. The number of nitrogens with one attached hydrogen (secondary N) is 1. The van der Waals surface area contributed by atoms with E-state index in [9.17, 15) is 0 Å². The van der Waals surface area contributed by atoms with Crippen molar-refractivity contribution in [3.63, 3.8) is 0 Å². The van der Waals surface area contributed by atoms with Crippen molar-refractivity contribution in [2.45, 2.75) is 13.0 Å². The van der Waals surface area contributed by atoms with Gasteiger partial charge in [0, 0.05) is 44.6 Å². The average molecular weight is 364 g/mol. The van der Waals surface area contributed by atoms with Crippen LogP contribution in [-0.2, 0) is 6.54 Å². The highest BCUT2D eigenvalue weighted by Crippen LogP contribution is 2.28.